The molecule has 0 aliphatic carbocycles. The highest BCUT2D eigenvalue weighted by Gasteiger charge is 2.12. The molecular formula is C16H26BrNO. The molecule has 0 saturated carbocycles. The van der Waals surface area contributed by atoms with E-state index in [0.29, 0.717) is 0 Å². The van der Waals surface area contributed by atoms with Gasteiger partial charge in [0.2, 0.25) is 0 Å². The number of halogens is 1. The molecule has 0 saturated heterocycles. The first-order chi connectivity index (χ1) is 9.14. The van der Waals surface area contributed by atoms with Crippen molar-refractivity contribution < 1.29 is 4.74 Å². The topological polar surface area (TPSA) is 12.5 Å². The van der Waals surface area contributed by atoms with Crippen LogP contribution in [0.25, 0.3) is 0 Å². The Labute approximate surface area is 126 Å². The van der Waals surface area contributed by atoms with Crippen LogP contribution < -0.4 is 4.74 Å². The number of methoxy groups -OCH3 is 1. The molecule has 0 radical (unpaired) electrons. The van der Waals surface area contributed by atoms with Gasteiger partial charge in [-0.2, -0.15) is 0 Å². The van der Waals surface area contributed by atoms with Crippen molar-refractivity contribution in [2.24, 2.45) is 5.92 Å². The number of benzene rings is 1. The lowest BCUT2D eigenvalue weighted by atomic mass is 10.0. The summed E-state index contributed by atoms with van der Waals surface area (Å²) in [7, 11) is 1.72. The predicted octanol–water partition coefficient (Wildman–Crippen LogP) is 4.72. The Balaban J connectivity index is 2.74. The van der Waals surface area contributed by atoms with Gasteiger partial charge in [-0.3, -0.25) is 4.90 Å². The van der Waals surface area contributed by atoms with E-state index in [4.69, 9.17) is 4.74 Å². The molecule has 108 valence electrons. The monoisotopic (exact) mass is 327 g/mol. The minimum Gasteiger partial charge on any atom is -0.497 e. The summed E-state index contributed by atoms with van der Waals surface area (Å²) in [5.41, 5.74) is 1.30. The van der Waals surface area contributed by atoms with Crippen LogP contribution in [0.2, 0.25) is 0 Å². The van der Waals surface area contributed by atoms with Crippen molar-refractivity contribution in [2.75, 3.05) is 20.2 Å². The van der Waals surface area contributed by atoms with E-state index in [9.17, 15) is 0 Å². The molecule has 0 aromatic heterocycles. The molecule has 0 atom stereocenters. The van der Waals surface area contributed by atoms with Gasteiger partial charge in [-0.05, 0) is 36.2 Å². The standard InChI is InChI=1S/C16H26BrNO/c1-5-13(6-2)11-18(7-3)12-14-10-15(19-4)8-9-16(14)17/h8-10,13H,5-7,11-12H2,1-4H3. The number of hydrogen-bond acceptors (Lipinski definition) is 2. The number of ether oxygens (including phenoxy) is 1. The maximum Gasteiger partial charge on any atom is 0.119 e. The fraction of sp³-hybridized carbons (Fsp3) is 0.625. The molecule has 0 spiro atoms. The van der Waals surface area contributed by atoms with E-state index in [-0.39, 0.29) is 0 Å². The third-order valence-corrected chi connectivity index (χ3v) is 4.54. The Morgan fingerprint density at radius 3 is 2.42 bits per heavy atom. The summed E-state index contributed by atoms with van der Waals surface area (Å²) < 4.78 is 6.47. The summed E-state index contributed by atoms with van der Waals surface area (Å²) in [6.07, 6.45) is 2.51. The number of hydrogen-bond donors (Lipinski definition) is 0. The lowest BCUT2D eigenvalue weighted by Crippen LogP contribution is -2.28. The molecule has 1 aromatic rings. The smallest absolute Gasteiger partial charge is 0.119 e. The summed E-state index contributed by atoms with van der Waals surface area (Å²) in [5, 5.41) is 0. The van der Waals surface area contributed by atoms with Crippen molar-refractivity contribution in [3.8, 4) is 5.75 Å². The Morgan fingerprint density at radius 1 is 1.21 bits per heavy atom. The molecule has 0 N–H and O–H groups in total. The molecule has 1 rings (SSSR count). The molecule has 0 aliphatic rings. The fourth-order valence-corrected chi connectivity index (χ4v) is 2.63. The van der Waals surface area contributed by atoms with E-state index in [1.807, 2.05) is 6.07 Å². The predicted molar refractivity (Wildman–Crippen MR) is 85.7 cm³/mol. The molecule has 19 heavy (non-hydrogen) atoms. The van der Waals surface area contributed by atoms with Crippen LogP contribution in [-0.4, -0.2) is 25.1 Å². The van der Waals surface area contributed by atoms with Gasteiger partial charge in [-0.1, -0.05) is 49.5 Å². The van der Waals surface area contributed by atoms with Gasteiger partial charge in [-0.15, -0.1) is 0 Å². The minimum absolute atomic E-state index is 0.796. The van der Waals surface area contributed by atoms with Crippen molar-refractivity contribution in [3.05, 3.63) is 28.2 Å². The summed E-state index contributed by atoms with van der Waals surface area (Å²) in [4.78, 5) is 2.51. The van der Waals surface area contributed by atoms with Gasteiger partial charge in [0.15, 0.2) is 0 Å². The van der Waals surface area contributed by atoms with E-state index in [1.165, 1.54) is 24.9 Å². The highest BCUT2D eigenvalue weighted by molar-refractivity contribution is 9.10. The van der Waals surface area contributed by atoms with Gasteiger partial charge in [0.1, 0.15) is 5.75 Å². The second-order valence-electron chi connectivity index (χ2n) is 4.97. The minimum atomic E-state index is 0.796. The molecular weight excluding hydrogens is 302 g/mol. The van der Waals surface area contributed by atoms with Crippen LogP contribution in [0.4, 0.5) is 0 Å². The summed E-state index contributed by atoms with van der Waals surface area (Å²) in [6, 6.07) is 6.18. The maximum atomic E-state index is 5.31. The zero-order valence-electron chi connectivity index (χ0n) is 12.6. The molecule has 0 unspecified atom stereocenters. The lowest BCUT2D eigenvalue weighted by molar-refractivity contribution is 0.225. The first-order valence-corrected chi connectivity index (χ1v) is 7.98. The summed E-state index contributed by atoms with van der Waals surface area (Å²) in [6.45, 7) is 10.0. The van der Waals surface area contributed by atoms with Gasteiger partial charge >= 0.3 is 0 Å². The van der Waals surface area contributed by atoms with Crippen LogP contribution in [0, 0.1) is 5.92 Å². The second kappa shape index (κ2) is 8.60. The molecule has 1 aromatic carbocycles. The molecule has 2 nitrogen and oxygen atoms in total. The highest BCUT2D eigenvalue weighted by Crippen LogP contribution is 2.24. The largest absolute Gasteiger partial charge is 0.497 e. The Morgan fingerprint density at radius 2 is 1.89 bits per heavy atom. The molecule has 0 amide bonds. The Bertz CT molecular complexity index is 377. The lowest BCUT2D eigenvalue weighted by Gasteiger charge is -2.25. The van der Waals surface area contributed by atoms with Crippen LogP contribution in [0.3, 0.4) is 0 Å². The number of rotatable bonds is 8. The molecule has 0 aliphatic heterocycles. The van der Waals surface area contributed by atoms with E-state index < -0.39 is 0 Å². The van der Waals surface area contributed by atoms with Crippen molar-refractivity contribution in [3.63, 3.8) is 0 Å². The van der Waals surface area contributed by atoms with Crippen molar-refractivity contribution in [2.45, 2.75) is 40.2 Å². The zero-order chi connectivity index (χ0) is 14.3. The first-order valence-electron chi connectivity index (χ1n) is 7.19. The average molecular weight is 328 g/mol. The van der Waals surface area contributed by atoms with Gasteiger partial charge in [0.25, 0.3) is 0 Å². The van der Waals surface area contributed by atoms with Gasteiger partial charge in [-0.25, -0.2) is 0 Å². The molecule has 0 bridgehead atoms. The third-order valence-electron chi connectivity index (χ3n) is 3.77. The van der Waals surface area contributed by atoms with E-state index in [0.717, 1.165) is 29.2 Å². The average Bonchev–Trinajstić information content (AvgIpc) is 2.45. The van der Waals surface area contributed by atoms with Crippen LogP contribution in [-0.2, 0) is 6.54 Å². The van der Waals surface area contributed by atoms with Gasteiger partial charge in [0.05, 0.1) is 7.11 Å². The summed E-state index contributed by atoms with van der Waals surface area (Å²) in [5.74, 6) is 1.72. The van der Waals surface area contributed by atoms with Crippen molar-refractivity contribution in [1.29, 1.82) is 0 Å². The third kappa shape index (κ3) is 5.15. The van der Waals surface area contributed by atoms with Crippen LogP contribution >= 0.6 is 15.9 Å². The molecule has 0 heterocycles. The fourth-order valence-electron chi connectivity index (χ4n) is 2.26. The SMILES string of the molecule is CCC(CC)CN(CC)Cc1cc(OC)ccc1Br. The van der Waals surface area contributed by atoms with Crippen molar-refractivity contribution >= 4 is 15.9 Å². The van der Waals surface area contributed by atoms with Gasteiger partial charge in [0, 0.05) is 17.6 Å². The quantitative estimate of drug-likeness (QED) is 0.685. The van der Waals surface area contributed by atoms with Crippen LogP contribution in [0.1, 0.15) is 39.2 Å². The molecule has 3 heteroatoms. The van der Waals surface area contributed by atoms with Crippen molar-refractivity contribution in [1.82, 2.24) is 4.90 Å². The highest BCUT2D eigenvalue weighted by atomic mass is 79.9. The number of nitrogens with zero attached hydrogens (tertiary/aromatic N) is 1. The maximum absolute atomic E-state index is 5.31. The summed E-state index contributed by atoms with van der Waals surface area (Å²) >= 11 is 3.64. The van der Waals surface area contributed by atoms with E-state index in [2.05, 4.69) is 53.7 Å². The van der Waals surface area contributed by atoms with Crippen LogP contribution in [0.5, 0.6) is 5.75 Å². The van der Waals surface area contributed by atoms with E-state index >= 15 is 0 Å². The van der Waals surface area contributed by atoms with E-state index in [1.54, 1.807) is 7.11 Å². The first kappa shape index (κ1) is 16.5. The van der Waals surface area contributed by atoms with Gasteiger partial charge < -0.3 is 4.74 Å². The Hall–Kier alpha value is -0.540. The molecule has 0 fully saturated rings. The van der Waals surface area contributed by atoms with Crippen LogP contribution in [0.15, 0.2) is 22.7 Å². The second-order valence-corrected chi connectivity index (χ2v) is 5.82. The Kier molecular flexibility index (Phi) is 7.47. The zero-order valence-corrected chi connectivity index (χ0v) is 14.2. The normalized spacial score (nSPS) is 11.3.